The van der Waals surface area contributed by atoms with Crippen molar-refractivity contribution in [3.05, 3.63) is 173 Å². The van der Waals surface area contributed by atoms with Crippen molar-refractivity contribution in [2.45, 2.75) is 34.5 Å². The highest BCUT2D eigenvalue weighted by atomic mass is 32.2. The second-order valence-electron chi connectivity index (χ2n) is 11.6. The summed E-state index contributed by atoms with van der Waals surface area (Å²) in [7, 11) is 0. The molecule has 5 aromatic carbocycles. The van der Waals surface area contributed by atoms with Gasteiger partial charge in [-0.05, 0) is 79.9 Å². The SMILES string of the molecule is CC1(C)c2ccccc2C2(c3ccccc3Sc3c(-c4cccc(-c5ccncc5)c4)cccc32)c2ccccc21. The van der Waals surface area contributed by atoms with Crippen LogP contribution in [0.25, 0.3) is 22.3 Å². The number of nitrogens with zero attached hydrogens (tertiary/aromatic N) is 1. The van der Waals surface area contributed by atoms with Crippen LogP contribution in [0.1, 0.15) is 47.2 Å². The van der Waals surface area contributed by atoms with E-state index in [0.717, 1.165) is 0 Å². The van der Waals surface area contributed by atoms with E-state index in [1.54, 1.807) is 0 Å². The minimum absolute atomic E-state index is 0.103. The van der Waals surface area contributed by atoms with E-state index in [9.17, 15) is 0 Å². The van der Waals surface area contributed by atoms with E-state index < -0.39 is 5.41 Å². The molecule has 2 aliphatic rings. The van der Waals surface area contributed by atoms with Gasteiger partial charge in [-0.1, -0.05) is 129 Å². The molecule has 2 heteroatoms. The summed E-state index contributed by atoms with van der Waals surface area (Å²) in [5.41, 5.74) is 12.7. The summed E-state index contributed by atoms with van der Waals surface area (Å²) in [6.07, 6.45) is 3.73. The third-order valence-corrected chi connectivity index (χ3v) is 10.3. The molecule has 41 heavy (non-hydrogen) atoms. The standard InChI is InChI=1S/C39H29NS/c1-38(2)30-14-3-5-16-32(30)39(33-17-6-4-15-31(33)38)34-18-7-8-20-36(34)41-37-29(13-10-19-35(37)39)28-12-9-11-27(25-28)26-21-23-40-24-22-26/h3-25H,1-2H3. The minimum Gasteiger partial charge on any atom is -0.265 e. The average Bonchev–Trinajstić information content (AvgIpc) is 3.03. The second-order valence-corrected chi connectivity index (χ2v) is 12.6. The number of pyridine rings is 1. The molecule has 0 fully saturated rings. The highest BCUT2D eigenvalue weighted by molar-refractivity contribution is 7.99. The number of hydrogen-bond donors (Lipinski definition) is 0. The summed E-state index contributed by atoms with van der Waals surface area (Å²) in [4.78, 5) is 6.88. The van der Waals surface area contributed by atoms with Crippen molar-refractivity contribution in [3.8, 4) is 22.3 Å². The molecule has 0 saturated carbocycles. The van der Waals surface area contributed by atoms with Crippen molar-refractivity contribution in [2.75, 3.05) is 0 Å². The zero-order valence-corrected chi connectivity index (χ0v) is 24.0. The topological polar surface area (TPSA) is 12.9 Å². The van der Waals surface area contributed by atoms with Crippen molar-refractivity contribution in [1.29, 1.82) is 0 Å². The van der Waals surface area contributed by atoms with Crippen LogP contribution in [0.2, 0.25) is 0 Å². The predicted octanol–water partition coefficient (Wildman–Crippen LogP) is 9.90. The molecule has 0 atom stereocenters. The Kier molecular flexibility index (Phi) is 5.39. The molecule has 0 N–H and O–H groups in total. The summed E-state index contributed by atoms with van der Waals surface area (Å²) in [6, 6.07) is 47.4. The van der Waals surface area contributed by atoms with Crippen LogP contribution in [0, 0.1) is 0 Å². The van der Waals surface area contributed by atoms with Crippen LogP contribution in [0.5, 0.6) is 0 Å². The van der Waals surface area contributed by atoms with Crippen LogP contribution >= 0.6 is 11.8 Å². The second kappa shape index (κ2) is 9.06. The van der Waals surface area contributed by atoms with Crippen molar-refractivity contribution in [3.63, 3.8) is 0 Å². The molecule has 196 valence electrons. The summed E-state index contributed by atoms with van der Waals surface area (Å²) in [5.74, 6) is 0. The summed E-state index contributed by atoms with van der Waals surface area (Å²) < 4.78 is 0. The first-order valence-corrected chi connectivity index (χ1v) is 15.0. The Labute approximate surface area is 246 Å². The van der Waals surface area contributed by atoms with E-state index in [2.05, 4.69) is 146 Å². The van der Waals surface area contributed by atoms with Gasteiger partial charge in [-0.25, -0.2) is 0 Å². The lowest BCUT2D eigenvalue weighted by molar-refractivity contribution is 0.549. The fraction of sp³-hybridized carbons (Fsp3) is 0.103. The molecular formula is C39H29NS. The zero-order chi connectivity index (χ0) is 27.6. The molecule has 1 nitrogen and oxygen atoms in total. The van der Waals surface area contributed by atoms with Gasteiger partial charge in [0.05, 0.1) is 5.41 Å². The smallest absolute Gasteiger partial charge is 0.0729 e. The summed E-state index contributed by atoms with van der Waals surface area (Å²) in [5, 5.41) is 0. The van der Waals surface area contributed by atoms with Crippen molar-refractivity contribution in [1.82, 2.24) is 4.98 Å². The Balaban J connectivity index is 1.47. The zero-order valence-electron chi connectivity index (χ0n) is 23.1. The maximum absolute atomic E-state index is 4.22. The van der Waals surface area contributed by atoms with Gasteiger partial charge < -0.3 is 0 Å². The molecule has 0 radical (unpaired) electrons. The van der Waals surface area contributed by atoms with Crippen LogP contribution < -0.4 is 0 Å². The van der Waals surface area contributed by atoms with Gasteiger partial charge >= 0.3 is 0 Å². The van der Waals surface area contributed by atoms with E-state index in [4.69, 9.17) is 0 Å². The lowest BCUT2D eigenvalue weighted by Crippen LogP contribution is -2.43. The third kappa shape index (κ3) is 3.41. The number of benzene rings is 5. The maximum atomic E-state index is 4.22. The van der Waals surface area contributed by atoms with E-state index >= 15 is 0 Å². The van der Waals surface area contributed by atoms with Gasteiger partial charge in [-0.15, -0.1) is 0 Å². The lowest BCUT2D eigenvalue weighted by atomic mass is 9.54. The Morgan fingerprint density at radius 2 is 1.05 bits per heavy atom. The van der Waals surface area contributed by atoms with Crippen LogP contribution in [-0.4, -0.2) is 4.98 Å². The largest absolute Gasteiger partial charge is 0.265 e. The van der Waals surface area contributed by atoms with E-state index in [1.165, 1.54) is 65.4 Å². The highest BCUT2D eigenvalue weighted by Gasteiger charge is 2.52. The predicted molar refractivity (Wildman–Crippen MR) is 170 cm³/mol. The van der Waals surface area contributed by atoms with Gasteiger partial charge in [0.2, 0.25) is 0 Å². The molecule has 8 rings (SSSR count). The fourth-order valence-corrected chi connectivity index (χ4v) is 8.61. The van der Waals surface area contributed by atoms with Crippen LogP contribution in [-0.2, 0) is 10.8 Å². The minimum atomic E-state index is -0.404. The van der Waals surface area contributed by atoms with Crippen molar-refractivity contribution >= 4 is 11.8 Å². The fourth-order valence-electron chi connectivity index (χ4n) is 7.28. The van der Waals surface area contributed by atoms with Gasteiger partial charge in [0.1, 0.15) is 0 Å². The summed E-state index contributed by atoms with van der Waals surface area (Å²) in [6.45, 7) is 4.76. The van der Waals surface area contributed by atoms with Gasteiger partial charge in [0.15, 0.2) is 0 Å². The number of fused-ring (bicyclic) bond motifs is 8. The molecule has 2 heterocycles. The van der Waals surface area contributed by atoms with Gasteiger partial charge in [-0.3, -0.25) is 4.98 Å². The molecule has 1 spiro atoms. The van der Waals surface area contributed by atoms with Crippen LogP contribution in [0.15, 0.2) is 150 Å². The monoisotopic (exact) mass is 543 g/mol. The first-order chi connectivity index (χ1) is 20.1. The van der Waals surface area contributed by atoms with E-state index in [0.29, 0.717) is 0 Å². The Morgan fingerprint density at radius 1 is 0.488 bits per heavy atom. The van der Waals surface area contributed by atoms with E-state index in [-0.39, 0.29) is 5.41 Å². The molecule has 1 aliphatic carbocycles. The molecule has 0 amide bonds. The quantitative estimate of drug-likeness (QED) is 0.215. The van der Waals surface area contributed by atoms with Gasteiger partial charge in [0.25, 0.3) is 0 Å². The number of rotatable bonds is 2. The lowest BCUT2D eigenvalue weighted by Gasteiger charge is -2.50. The molecule has 0 saturated heterocycles. The molecule has 6 aromatic rings. The maximum Gasteiger partial charge on any atom is 0.0729 e. The first-order valence-electron chi connectivity index (χ1n) is 14.2. The molecule has 0 unspecified atom stereocenters. The van der Waals surface area contributed by atoms with Gasteiger partial charge in [0, 0.05) is 27.6 Å². The van der Waals surface area contributed by atoms with Crippen molar-refractivity contribution in [2.24, 2.45) is 0 Å². The van der Waals surface area contributed by atoms with Crippen molar-refractivity contribution < 1.29 is 0 Å². The highest BCUT2D eigenvalue weighted by Crippen LogP contribution is 2.62. The van der Waals surface area contributed by atoms with E-state index in [1.807, 2.05) is 24.2 Å². The Morgan fingerprint density at radius 3 is 1.76 bits per heavy atom. The number of hydrogen-bond acceptors (Lipinski definition) is 2. The summed E-state index contributed by atoms with van der Waals surface area (Å²) >= 11 is 1.91. The normalized spacial score (nSPS) is 15.4. The molecular weight excluding hydrogens is 515 g/mol. The third-order valence-electron chi connectivity index (χ3n) is 9.12. The van der Waals surface area contributed by atoms with Crippen LogP contribution in [0.3, 0.4) is 0 Å². The Hall–Kier alpha value is -4.40. The average molecular weight is 544 g/mol. The molecule has 0 bridgehead atoms. The molecule has 1 aromatic heterocycles. The van der Waals surface area contributed by atoms with Crippen LogP contribution in [0.4, 0.5) is 0 Å². The van der Waals surface area contributed by atoms with Gasteiger partial charge in [-0.2, -0.15) is 0 Å². The Bertz CT molecular complexity index is 1900. The first kappa shape index (κ1) is 24.4. The molecule has 1 aliphatic heterocycles. The number of aromatic nitrogens is 1.